The molecule has 3 nitrogen and oxygen atoms in total. The maximum atomic E-state index is 12.8. The summed E-state index contributed by atoms with van der Waals surface area (Å²) in [6, 6.07) is 28.7. The Kier molecular flexibility index (Phi) is 6.16. The number of thioether (sulfide) groups is 2. The number of β-lactam (4-membered cyclic amide) rings is 1. The average molecular weight is 422 g/mol. The third kappa shape index (κ3) is 4.31. The molecule has 0 radical (unpaired) electrons. The molecule has 0 aliphatic carbocycles. The summed E-state index contributed by atoms with van der Waals surface area (Å²) in [5.74, 6) is 0.946. The van der Waals surface area contributed by atoms with Crippen LogP contribution < -0.4 is 9.64 Å². The van der Waals surface area contributed by atoms with Crippen LogP contribution in [0.25, 0.3) is 0 Å². The Bertz CT molecular complexity index is 906. The van der Waals surface area contributed by atoms with Crippen molar-refractivity contribution in [3.05, 3.63) is 84.9 Å². The normalized spacial score (nSPS) is 18.6. The molecule has 1 aliphatic rings. The first-order chi connectivity index (χ1) is 14.2. The van der Waals surface area contributed by atoms with Crippen LogP contribution in [0.5, 0.6) is 5.75 Å². The summed E-state index contributed by atoms with van der Waals surface area (Å²) in [6.45, 7) is 2.04. The van der Waals surface area contributed by atoms with Crippen molar-refractivity contribution in [3.63, 3.8) is 0 Å². The van der Waals surface area contributed by atoms with Crippen LogP contribution in [0, 0.1) is 5.92 Å². The summed E-state index contributed by atoms with van der Waals surface area (Å²) in [5, 5.41) is 0. The molecule has 2 atom stereocenters. The van der Waals surface area contributed by atoms with Gasteiger partial charge in [0, 0.05) is 15.5 Å². The van der Waals surface area contributed by atoms with Gasteiger partial charge in [0.25, 0.3) is 0 Å². The van der Waals surface area contributed by atoms with E-state index in [9.17, 15) is 4.79 Å². The molecule has 5 heteroatoms. The first kappa shape index (κ1) is 19.9. The van der Waals surface area contributed by atoms with Gasteiger partial charge in [0.2, 0.25) is 5.91 Å². The molecule has 148 valence electrons. The molecule has 1 saturated heterocycles. The molecule has 29 heavy (non-hydrogen) atoms. The molecule has 0 aromatic heterocycles. The van der Waals surface area contributed by atoms with E-state index in [-0.39, 0.29) is 22.4 Å². The van der Waals surface area contributed by atoms with E-state index in [0.29, 0.717) is 0 Å². The van der Waals surface area contributed by atoms with Crippen molar-refractivity contribution in [2.24, 2.45) is 5.92 Å². The SMILES string of the molecule is COc1ccc(N2C(=O)[C@@H](C)[C@@H]2C(Sc2ccccc2)Sc2ccccc2)cc1. The van der Waals surface area contributed by atoms with Gasteiger partial charge >= 0.3 is 0 Å². The molecule has 1 fully saturated rings. The first-order valence-corrected chi connectivity index (χ1v) is 11.3. The average Bonchev–Trinajstić information content (AvgIpc) is 2.78. The number of hydrogen-bond acceptors (Lipinski definition) is 4. The van der Waals surface area contributed by atoms with Crippen molar-refractivity contribution in [2.45, 2.75) is 27.3 Å². The number of ether oxygens (including phenoxy) is 1. The zero-order valence-electron chi connectivity index (χ0n) is 16.4. The molecule has 0 saturated carbocycles. The van der Waals surface area contributed by atoms with Crippen LogP contribution in [0.1, 0.15) is 6.92 Å². The monoisotopic (exact) mass is 421 g/mol. The lowest BCUT2D eigenvalue weighted by Crippen LogP contribution is -2.63. The van der Waals surface area contributed by atoms with Crippen LogP contribution in [0.3, 0.4) is 0 Å². The number of hydrogen-bond donors (Lipinski definition) is 0. The number of anilines is 1. The van der Waals surface area contributed by atoms with Crippen LogP contribution in [0.4, 0.5) is 5.69 Å². The van der Waals surface area contributed by atoms with Crippen LogP contribution >= 0.6 is 23.5 Å². The van der Waals surface area contributed by atoms with Crippen molar-refractivity contribution in [2.75, 3.05) is 12.0 Å². The van der Waals surface area contributed by atoms with Crippen LogP contribution in [0.15, 0.2) is 94.7 Å². The van der Waals surface area contributed by atoms with Gasteiger partial charge < -0.3 is 9.64 Å². The molecule has 0 spiro atoms. The Morgan fingerprint density at radius 2 is 1.34 bits per heavy atom. The quantitative estimate of drug-likeness (QED) is 0.268. The highest BCUT2D eigenvalue weighted by Gasteiger charge is 2.49. The topological polar surface area (TPSA) is 29.5 Å². The third-order valence-electron chi connectivity index (χ3n) is 5.06. The molecular weight excluding hydrogens is 398 g/mol. The number of nitrogens with zero attached hydrogens (tertiary/aromatic N) is 1. The van der Waals surface area contributed by atoms with Gasteiger partial charge in [-0.05, 0) is 48.5 Å². The van der Waals surface area contributed by atoms with E-state index in [1.54, 1.807) is 7.11 Å². The lowest BCUT2D eigenvalue weighted by atomic mass is 9.89. The molecule has 3 aromatic carbocycles. The zero-order chi connectivity index (χ0) is 20.2. The van der Waals surface area contributed by atoms with E-state index < -0.39 is 0 Å². The Morgan fingerprint density at radius 1 is 0.828 bits per heavy atom. The lowest BCUT2D eigenvalue weighted by Gasteiger charge is -2.49. The Hall–Kier alpha value is -2.37. The van der Waals surface area contributed by atoms with Crippen molar-refractivity contribution < 1.29 is 9.53 Å². The van der Waals surface area contributed by atoms with Gasteiger partial charge in [0.1, 0.15) is 5.75 Å². The van der Waals surface area contributed by atoms with E-state index in [2.05, 4.69) is 48.5 Å². The Balaban J connectivity index is 1.64. The highest BCUT2D eigenvalue weighted by Crippen LogP contribution is 2.46. The first-order valence-electron chi connectivity index (χ1n) is 9.58. The molecule has 1 aliphatic heterocycles. The summed E-state index contributed by atoms with van der Waals surface area (Å²) < 4.78 is 5.44. The molecular formula is C24H23NO2S2. The van der Waals surface area contributed by atoms with Crippen LogP contribution in [-0.4, -0.2) is 23.6 Å². The minimum atomic E-state index is -0.0190. The number of amides is 1. The van der Waals surface area contributed by atoms with Gasteiger partial charge in [-0.1, -0.05) is 43.3 Å². The van der Waals surface area contributed by atoms with Gasteiger partial charge in [-0.2, -0.15) is 0 Å². The maximum absolute atomic E-state index is 12.8. The van der Waals surface area contributed by atoms with Gasteiger partial charge in [0.05, 0.1) is 23.7 Å². The predicted octanol–water partition coefficient (Wildman–Crippen LogP) is 5.96. The molecule has 0 bridgehead atoms. The lowest BCUT2D eigenvalue weighted by molar-refractivity contribution is -0.128. The summed E-state index contributed by atoms with van der Waals surface area (Å²) in [5.41, 5.74) is 0.922. The summed E-state index contributed by atoms with van der Waals surface area (Å²) in [7, 11) is 1.65. The summed E-state index contributed by atoms with van der Waals surface area (Å²) >= 11 is 3.65. The minimum Gasteiger partial charge on any atom is -0.497 e. The molecule has 1 amide bonds. The van der Waals surface area contributed by atoms with Gasteiger partial charge in [-0.25, -0.2) is 0 Å². The highest BCUT2D eigenvalue weighted by molar-refractivity contribution is 8.17. The highest BCUT2D eigenvalue weighted by atomic mass is 32.2. The van der Waals surface area contributed by atoms with Crippen LogP contribution in [-0.2, 0) is 4.79 Å². The van der Waals surface area contributed by atoms with E-state index in [0.717, 1.165) is 11.4 Å². The van der Waals surface area contributed by atoms with E-state index in [1.807, 2.05) is 71.7 Å². The second-order valence-electron chi connectivity index (χ2n) is 6.92. The second-order valence-corrected chi connectivity index (χ2v) is 9.64. The van der Waals surface area contributed by atoms with E-state index in [1.165, 1.54) is 9.79 Å². The van der Waals surface area contributed by atoms with Crippen LogP contribution in [0.2, 0.25) is 0 Å². The zero-order valence-corrected chi connectivity index (χ0v) is 18.0. The van der Waals surface area contributed by atoms with Gasteiger partial charge in [0.15, 0.2) is 0 Å². The summed E-state index contributed by atoms with van der Waals surface area (Å²) in [6.07, 6.45) is 0. The molecule has 3 aromatic rings. The van der Waals surface area contributed by atoms with Crippen molar-refractivity contribution in [3.8, 4) is 5.75 Å². The number of carbonyl (C=O) groups excluding carboxylic acids is 1. The second kappa shape index (κ2) is 8.97. The summed E-state index contributed by atoms with van der Waals surface area (Å²) in [4.78, 5) is 17.2. The fourth-order valence-electron chi connectivity index (χ4n) is 3.48. The van der Waals surface area contributed by atoms with Gasteiger partial charge in [-0.15, -0.1) is 23.5 Å². The Morgan fingerprint density at radius 3 is 1.83 bits per heavy atom. The molecule has 4 rings (SSSR count). The number of carbonyl (C=O) groups is 1. The minimum absolute atomic E-state index is 0.0190. The molecule has 1 heterocycles. The Labute approximate surface area is 180 Å². The molecule has 0 unspecified atom stereocenters. The largest absolute Gasteiger partial charge is 0.497 e. The maximum Gasteiger partial charge on any atom is 0.232 e. The standard InChI is InChI=1S/C24H23NO2S2/c1-17-22(25(23(17)26)18-13-15-19(27-2)16-14-18)24(28-20-9-5-3-6-10-20)29-21-11-7-4-8-12-21/h3-17,22,24H,1-2H3/t17-,22+/m0/s1. The number of rotatable bonds is 7. The van der Waals surface area contributed by atoms with Crippen molar-refractivity contribution >= 4 is 35.1 Å². The van der Waals surface area contributed by atoms with Crippen molar-refractivity contribution in [1.82, 2.24) is 0 Å². The number of benzene rings is 3. The van der Waals surface area contributed by atoms with Crippen molar-refractivity contribution in [1.29, 1.82) is 0 Å². The molecule has 0 N–H and O–H groups in total. The fraction of sp³-hybridized carbons (Fsp3) is 0.208. The smallest absolute Gasteiger partial charge is 0.232 e. The van der Waals surface area contributed by atoms with E-state index >= 15 is 0 Å². The van der Waals surface area contributed by atoms with E-state index in [4.69, 9.17) is 4.74 Å². The number of methoxy groups -OCH3 is 1. The predicted molar refractivity (Wildman–Crippen MR) is 122 cm³/mol. The van der Waals surface area contributed by atoms with Gasteiger partial charge in [-0.3, -0.25) is 4.79 Å². The third-order valence-corrected chi connectivity index (χ3v) is 7.75. The fourth-order valence-corrected chi connectivity index (χ4v) is 6.50.